The Balaban J connectivity index is 2.10. The number of nitrogens with zero attached hydrogens (tertiary/aromatic N) is 3. The standard InChI is InChI=1S/C22H30N4O/c1-4-5-13-19-25-20-21(26(19)15-10-9-14-23)16(2)17(3)24-22(20)27-18-11-7-6-8-12-18/h6-8,11-12H,4-5,9-10,13-15,23H2,1-3H3. The van der Waals surface area contributed by atoms with Gasteiger partial charge >= 0.3 is 0 Å². The summed E-state index contributed by atoms with van der Waals surface area (Å²) in [5, 5.41) is 0. The monoisotopic (exact) mass is 366 g/mol. The number of fused-ring (bicyclic) bond motifs is 1. The maximum Gasteiger partial charge on any atom is 0.247 e. The molecule has 144 valence electrons. The lowest BCUT2D eigenvalue weighted by Gasteiger charge is -2.12. The number of unbranched alkanes of at least 4 members (excludes halogenated alkanes) is 2. The van der Waals surface area contributed by atoms with E-state index in [0.717, 1.165) is 73.5 Å². The summed E-state index contributed by atoms with van der Waals surface area (Å²) >= 11 is 0. The number of hydrogen-bond donors (Lipinski definition) is 1. The van der Waals surface area contributed by atoms with Crippen molar-refractivity contribution in [3.63, 3.8) is 0 Å². The third-order valence-electron chi connectivity index (χ3n) is 4.96. The number of nitrogens with two attached hydrogens (primary N) is 1. The zero-order valence-electron chi connectivity index (χ0n) is 16.7. The van der Waals surface area contributed by atoms with Gasteiger partial charge in [-0.2, -0.15) is 0 Å². The van der Waals surface area contributed by atoms with Gasteiger partial charge in [0, 0.05) is 18.7 Å². The van der Waals surface area contributed by atoms with Gasteiger partial charge in [0.1, 0.15) is 11.6 Å². The van der Waals surface area contributed by atoms with Gasteiger partial charge in [0.15, 0.2) is 5.52 Å². The fraction of sp³-hybridized carbons (Fsp3) is 0.455. The van der Waals surface area contributed by atoms with Crippen molar-refractivity contribution in [1.29, 1.82) is 0 Å². The Hall–Kier alpha value is -2.40. The number of para-hydroxylation sites is 1. The second-order valence-corrected chi connectivity index (χ2v) is 7.02. The number of aromatic nitrogens is 3. The molecule has 0 bridgehead atoms. The van der Waals surface area contributed by atoms with E-state index in [1.165, 1.54) is 5.56 Å². The minimum absolute atomic E-state index is 0.592. The molecule has 3 rings (SSSR count). The number of ether oxygens (including phenoxy) is 1. The van der Waals surface area contributed by atoms with Crippen molar-refractivity contribution < 1.29 is 4.74 Å². The first-order valence-electron chi connectivity index (χ1n) is 9.95. The van der Waals surface area contributed by atoms with Crippen LogP contribution < -0.4 is 10.5 Å². The summed E-state index contributed by atoms with van der Waals surface area (Å²) in [5.74, 6) is 2.49. The molecule has 3 aromatic rings. The molecule has 2 heterocycles. The van der Waals surface area contributed by atoms with Gasteiger partial charge in [-0.25, -0.2) is 9.97 Å². The van der Waals surface area contributed by atoms with E-state index < -0.39 is 0 Å². The number of rotatable bonds is 9. The van der Waals surface area contributed by atoms with Gasteiger partial charge < -0.3 is 15.0 Å². The smallest absolute Gasteiger partial charge is 0.247 e. The summed E-state index contributed by atoms with van der Waals surface area (Å²) in [6.07, 6.45) is 5.31. The lowest BCUT2D eigenvalue weighted by atomic mass is 10.2. The molecule has 0 saturated carbocycles. The zero-order chi connectivity index (χ0) is 19.2. The lowest BCUT2D eigenvalue weighted by molar-refractivity contribution is 0.466. The highest BCUT2D eigenvalue weighted by atomic mass is 16.5. The van der Waals surface area contributed by atoms with Gasteiger partial charge in [0.25, 0.3) is 0 Å². The lowest BCUT2D eigenvalue weighted by Crippen LogP contribution is -2.08. The minimum atomic E-state index is 0.592. The van der Waals surface area contributed by atoms with Crippen LogP contribution in [0.15, 0.2) is 30.3 Å². The molecule has 2 aromatic heterocycles. The van der Waals surface area contributed by atoms with E-state index in [4.69, 9.17) is 20.4 Å². The molecule has 0 aliphatic rings. The molecule has 2 N–H and O–H groups in total. The third kappa shape index (κ3) is 4.30. The van der Waals surface area contributed by atoms with E-state index in [9.17, 15) is 0 Å². The van der Waals surface area contributed by atoms with E-state index in [1.54, 1.807) is 0 Å². The van der Waals surface area contributed by atoms with Crippen LogP contribution in [0.3, 0.4) is 0 Å². The summed E-state index contributed by atoms with van der Waals surface area (Å²) in [6.45, 7) is 8.03. The third-order valence-corrected chi connectivity index (χ3v) is 4.96. The second-order valence-electron chi connectivity index (χ2n) is 7.02. The molecule has 5 heteroatoms. The summed E-state index contributed by atoms with van der Waals surface area (Å²) in [7, 11) is 0. The molecule has 0 amide bonds. The number of imidazole rings is 1. The highest BCUT2D eigenvalue weighted by molar-refractivity contribution is 5.85. The van der Waals surface area contributed by atoms with Crippen LogP contribution in [-0.2, 0) is 13.0 Å². The van der Waals surface area contributed by atoms with Crippen LogP contribution in [0.4, 0.5) is 0 Å². The van der Waals surface area contributed by atoms with Crippen LogP contribution >= 0.6 is 0 Å². The van der Waals surface area contributed by atoms with Gasteiger partial charge in [-0.05, 0) is 57.4 Å². The average molecular weight is 367 g/mol. The highest BCUT2D eigenvalue weighted by Crippen LogP contribution is 2.32. The first-order valence-corrected chi connectivity index (χ1v) is 9.95. The number of benzene rings is 1. The Labute approximate surface area is 161 Å². The molecular weight excluding hydrogens is 336 g/mol. The normalized spacial score (nSPS) is 11.3. The van der Waals surface area contributed by atoms with E-state index in [2.05, 4.69) is 18.4 Å². The molecule has 1 aromatic carbocycles. The van der Waals surface area contributed by atoms with Gasteiger partial charge in [-0.3, -0.25) is 0 Å². The van der Waals surface area contributed by atoms with Crippen LogP contribution in [0.5, 0.6) is 11.6 Å². The minimum Gasteiger partial charge on any atom is -0.437 e. The molecule has 0 unspecified atom stereocenters. The Morgan fingerprint density at radius 1 is 1.04 bits per heavy atom. The number of aryl methyl sites for hydroxylation is 4. The van der Waals surface area contributed by atoms with Crippen molar-refractivity contribution in [3.05, 3.63) is 47.4 Å². The van der Waals surface area contributed by atoms with E-state index >= 15 is 0 Å². The molecule has 0 atom stereocenters. The summed E-state index contributed by atoms with van der Waals surface area (Å²) in [4.78, 5) is 9.68. The van der Waals surface area contributed by atoms with Crippen molar-refractivity contribution >= 4 is 11.0 Å². The Morgan fingerprint density at radius 2 is 1.81 bits per heavy atom. The van der Waals surface area contributed by atoms with Crippen LogP contribution in [0.25, 0.3) is 11.0 Å². The SMILES string of the molecule is CCCCc1nc2c(Oc3ccccc3)nc(C)c(C)c2n1CCCCN. The largest absolute Gasteiger partial charge is 0.437 e. The fourth-order valence-electron chi connectivity index (χ4n) is 3.34. The number of hydrogen-bond acceptors (Lipinski definition) is 4. The maximum absolute atomic E-state index is 6.12. The topological polar surface area (TPSA) is 66.0 Å². The first kappa shape index (κ1) is 19.4. The second kappa shape index (κ2) is 9.00. The van der Waals surface area contributed by atoms with Gasteiger partial charge in [-0.1, -0.05) is 31.5 Å². The summed E-state index contributed by atoms with van der Waals surface area (Å²) < 4.78 is 8.48. The van der Waals surface area contributed by atoms with Crippen molar-refractivity contribution in [2.45, 2.75) is 59.4 Å². The van der Waals surface area contributed by atoms with Crippen molar-refractivity contribution in [2.24, 2.45) is 5.73 Å². The van der Waals surface area contributed by atoms with Crippen LogP contribution in [0.2, 0.25) is 0 Å². The molecule has 0 aliphatic heterocycles. The van der Waals surface area contributed by atoms with Crippen LogP contribution in [-0.4, -0.2) is 21.1 Å². The van der Waals surface area contributed by atoms with E-state index in [0.29, 0.717) is 5.88 Å². The van der Waals surface area contributed by atoms with Crippen LogP contribution in [0.1, 0.15) is 49.7 Å². The maximum atomic E-state index is 6.12. The molecule has 0 aliphatic carbocycles. The van der Waals surface area contributed by atoms with Crippen molar-refractivity contribution in [3.8, 4) is 11.6 Å². The Morgan fingerprint density at radius 3 is 2.52 bits per heavy atom. The van der Waals surface area contributed by atoms with Crippen molar-refractivity contribution in [1.82, 2.24) is 14.5 Å². The van der Waals surface area contributed by atoms with Crippen molar-refractivity contribution in [2.75, 3.05) is 6.54 Å². The van der Waals surface area contributed by atoms with Gasteiger partial charge in [0.05, 0.1) is 5.52 Å². The molecule has 0 spiro atoms. The number of pyridine rings is 1. The zero-order valence-corrected chi connectivity index (χ0v) is 16.7. The predicted octanol–water partition coefficient (Wildman–Crippen LogP) is 4.92. The Kier molecular flexibility index (Phi) is 6.45. The fourth-order valence-corrected chi connectivity index (χ4v) is 3.34. The first-order chi connectivity index (χ1) is 13.2. The quantitative estimate of drug-likeness (QED) is 0.546. The van der Waals surface area contributed by atoms with E-state index in [-0.39, 0.29) is 0 Å². The molecule has 0 saturated heterocycles. The highest BCUT2D eigenvalue weighted by Gasteiger charge is 2.19. The predicted molar refractivity (Wildman–Crippen MR) is 110 cm³/mol. The molecule has 0 radical (unpaired) electrons. The summed E-state index contributed by atoms with van der Waals surface area (Å²) in [5.41, 5.74) is 9.88. The van der Waals surface area contributed by atoms with E-state index in [1.807, 2.05) is 37.3 Å². The molecule has 0 fully saturated rings. The van der Waals surface area contributed by atoms with Crippen LogP contribution in [0, 0.1) is 13.8 Å². The molecular formula is C22H30N4O. The van der Waals surface area contributed by atoms with Gasteiger partial charge in [-0.15, -0.1) is 0 Å². The Bertz CT molecular complexity index is 886. The summed E-state index contributed by atoms with van der Waals surface area (Å²) in [6, 6.07) is 9.79. The molecule has 5 nitrogen and oxygen atoms in total. The molecule has 27 heavy (non-hydrogen) atoms. The average Bonchev–Trinajstić information content (AvgIpc) is 3.04. The van der Waals surface area contributed by atoms with Gasteiger partial charge in [0.2, 0.25) is 5.88 Å².